The highest BCUT2D eigenvalue weighted by Crippen LogP contribution is 2.37. The number of anilines is 1. The van der Waals surface area contributed by atoms with Crippen LogP contribution in [-0.4, -0.2) is 73.3 Å². The van der Waals surface area contributed by atoms with Crippen molar-refractivity contribution >= 4 is 49.7 Å². The molecule has 1 atom stereocenters. The third-order valence-electron chi connectivity index (χ3n) is 10.2. The van der Waals surface area contributed by atoms with Crippen LogP contribution in [-0.2, 0) is 29.7 Å². The molecule has 5 aromatic carbocycles. The molecule has 12 nitrogen and oxygen atoms in total. The summed E-state index contributed by atoms with van der Waals surface area (Å²) in [6, 6.07) is 34.3. The number of nitro benzene ring substituents is 1. The summed E-state index contributed by atoms with van der Waals surface area (Å²) in [7, 11) is -0.735. The predicted molar refractivity (Wildman–Crippen MR) is 223 cm³/mol. The molecular weight excluding hydrogens is 764 g/mol. The number of nitrogens with two attached hydrogens (primary N) is 1. The van der Waals surface area contributed by atoms with Crippen molar-refractivity contribution in [3.8, 4) is 16.9 Å². The van der Waals surface area contributed by atoms with Crippen molar-refractivity contribution in [1.82, 2.24) is 14.4 Å². The molecule has 1 aliphatic heterocycles. The number of ketones is 1. The molecule has 1 unspecified atom stereocenters. The first kappa shape index (κ1) is 39.7. The van der Waals surface area contributed by atoms with Crippen molar-refractivity contribution < 1.29 is 22.9 Å². The minimum Gasteiger partial charge on any atom is -0.491 e. The second-order valence-corrected chi connectivity index (χ2v) is 16.4. The molecule has 1 aromatic heterocycles. The number of hydrogen-bond donors (Lipinski definition) is 2. The van der Waals surface area contributed by atoms with Crippen molar-refractivity contribution in [2.45, 2.75) is 37.0 Å². The molecule has 0 aliphatic carbocycles. The first-order chi connectivity index (χ1) is 27.4. The topological polar surface area (TPSA) is 153 Å². The van der Waals surface area contributed by atoms with Crippen molar-refractivity contribution in [2.24, 2.45) is 5.14 Å². The number of carbonyl (C=O) groups is 1. The maximum atomic E-state index is 14.4. The van der Waals surface area contributed by atoms with Gasteiger partial charge in [0.15, 0.2) is 0 Å². The summed E-state index contributed by atoms with van der Waals surface area (Å²) in [6.45, 7) is 3.67. The smallest absolute Gasteiger partial charge is 0.304 e. The van der Waals surface area contributed by atoms with E-state index in [1.54, 1.807) is 30.3 Å². The first-order valence-corrected chi connectivity index (χ1v) is 20.4. The number of rotatable bonds is 15. The number of primary sulfonamides is 1. The lowest BCUT2D eigenvalue weighted by atomic mass is 9.99. The monoisotopic (exact) mass is 806 g/mol. The zero-order valence-electron chi connectivity index (χ0n) is 31.6. The Labute approximate surface area is 336 Å². The minimum atomic E-state index is -4.56. The van der Waals surface area contributed by atoms with Crippen LogP contribution < -0.4 is 15.2 Å². The third-order valence-corrected chi connectivity index (χ3v) is 11.4. The average Bonchev–Trinajstić information content (AvgIpc) is 3.56. The fourth-order valence-corrected chi connectivity index (χ4v) is 8.24. The van der Waals surface area contributed by atoms with Gasteiger partial charge in [0, 0.05) is 53.4 Å². The quantitative estimate of drug-likeness (QED) is 0.0608. The number of carbonyl (C=O) groups excluding carboxylic acids is 1. The number of nitrogens with one attached hydrogen (secondary N) is 1. The molecule has 0 radical (unpaired) electrons. The van der Waals surface area contributed by atoms with Gasteiger partial charge in [0.2, 0.25) is 15.8 Å². The summed E-state index contributed by atoms with van der Waals surface area (Å²) >= 11 is 6.15. The lowest BCUT2D eigenvalue weighted by Crippen LogP contribution is -2.33. The molecule has 294 valence electrons. The van der Waals surface area contributed by atoms with E-state index >= 15 is 0 Å². The van der Waals surface area contributed by atoms with Gasteiger partial charge in [-0.25, -0.2) is 13.6 Å². The molecule has 0 bridgehead atoms. The lowest BCUT2D eigenvalue weighted by Gasteiger charge is -2.29. The number of sulfonamides is 1. The van der Waals surface area contributed by atoms with E-state index < -0.39 is 42.9 Å². The molecule has 0 amide bonds. The summed E-state index contributed by atoms with van der Waals surface area (Å²) in [5, 5.41) is 23.1. The van der Waals surface area contributed by atoms with Gasteiger partial charge in [-0.2, -0.15) is 0 Å². The standard InChI is InChI=1S/C43H43ClN6O6S/c1-47(2)21-20-34(28-56-36-9-4-3-5-10-36)46-38-17-19-40(57(45,54)55)41(42(38)50(52)53)43(51)30-14-18-39-32(24-30)25-35-27-48(22-23-49(35)39)26-31-8-6-7-11-37(31)29-12-15-33(44)16-13-29/h3-19,24-25,34,46H,20-23,26-28H2,1-2H3,(H2,45,54,55). The molecule has 7 rings (SSSR count). The average molecular weight is 807 g/mol. The highest BCUT2D eigenvalue weighted by molar-refractivity contribution is 7.89. The van der Waals surface area contributed by atoms with Crippen molar-refractivity contribution in [3.05, 3.63) is 153 Å². The number of benzene rings is 5. The van der Waals surface area contributed by atoms with Crippen LogP contribution in [0.1, 0.15) is 33.6 Å². The van der Waals surface area contributed by atoms with E-state index in [2.05, 4.69) is 26.9 Å². The molecule has 6 aromatic rings. The Morgan fingerprint density at radius 3 is 2.42 bits per heavy atom. The number of nitro groups is 1. The van der Waals surface area contributed by atoms with Gasteiger partial charge in [-0.05, 0) is 104 Å². The van der Waals surface area contributed by atoms with Crippen LogP contribution >= 0.6 is 11.6 Å². The van der Waals surface area contributed by atoms with Crippen molar-refractivity contribution in [2.75, 3.05) is 39.1 Å². The lowest BCUT2D eigenvalue weighted by molar-refractivity contribution is -0.384. The highest BCUT2D eigenvalue weighted by atomic mass is 35.5. The Hall–Kier alpha value is -5.57. The normalized spacial score (nSPS) is 13.7. The first-order valence-electron chi connectivity index (χ1n) is 18.5. The number of ether oxygens (including phenoxy) is 1. The third kappa shape index (κ3) is 9.03. The molecule has 0 fully saturated rings. The van der Waals surface area contributed by atoms with Gasteiger partial charge < -0.3 is 19.5 Å². The minimum absolute atomic E-state index is 0.0192. The van der Waals surface area contributed by atoms with Crippen LogP contribution in [0, 0.1) is 10.1 Å². The molecule has 0 saturated heterocycles. The van der Waals surface area contributed by atoms with E-state index in [-0.39, 0.29) is 17.9 Å². The van der Waals surface area contributed by atoms with Crippen LogP contribution in [0.5, 0.6) is 5.75 Å². The van der Waals surface area contributed by atoms with Gasteiger partial charge in [0.25, 0.3) is 0 Å². The number of hydrogen-bond acceptors (Lipinski definition) is 9. The summed E-state index contributed by atoms with van der Waals surface area (Å²) in [6.07, 6.45) is 0.527. The number of para-hydroxylation sites is 1. The largest absolute Gasteiger partial charge is 0.491 e. The summed E-state index contributed by atoms with van der Waals surface area (Å²) in [5.74, 6) is -0.203. The SMILES string of the molecule is CN(C)CCC(COc1ccccc1)Nc1ccc(S(N)(=O)=O)c(C(=O)c2ccc3c(c2)cc2n3CCN(Cc3ccccc3-c3ccc(Cl)cc3)C2)c1[N+](=O)[O-]. The number of fused-ring (bicyclic) bond motifs is 3. The van der Waals surface area contributed by atoms with E-state index in [1.807, 2.05) is 79.7 Å². The second-order valence-electron chi connectivity index (χ2n) is 14.5. The molecule has 1 aliphatic rings. The number of halogens is 1. The van der Waals surface area contributed by atoms with Gasteiger partial charge in [-0.3, -0.25) is 19.8 Å². The van der Waals surface area contributed by atoms with Crippen LogP contribution in [0.2, 0.25) is 5.02 Å². The number of nitrogens with zero attached hydrogens (tertiary/aromatic N) is 4. The van der Waals surface area contributed by atoms with Gasteiger partial charge in [0.05, 0.1) is 11.0 Å². The Kier molecular flexibility index (Phi) is 11.7. The molecule has 2 heterocycles. The van der Waals surface area contributed by atoms with Gasteiger partial charge >= 0.3 is 5.69 Å². The Morgan fingerprint density at radius 1 is 0.965 bits per heavy atom. The van der Waals surface area contributed by atoms with E-state index in [4.69, 9.17) is 21.5 Å². The second kappa shape index (κ2) is 16.9. The molecule has 0 saturated carbocycles. The van der Waals surface area contributed by atoms with Crippen molar-refractivity contribution in [3.63, 3.8) is 0 Å². The molecule has 0 spiro atoms. The zero-order chi connectivity index (χ0) is 40.3. The Balaban J connectivity index is 1.18. The molecule has 14 heteroatoms. The van der Waals surface area contributed by atoms with E-state index in [1.165, 1.54) is 11.6 Å². The summed E-state index contributed by atoms with van der Waals surface area (Å²) in [4.78, 5) is 30.2. The van der Waals surface area contributed by atoms with Crippen molar-refractivity contribution in [1.29, 1.82) is 0 Å². The Morgan fingerprint density at radius 2 is 1.70 bits per heavy atom. The maximum absolute atomic E-state index is 14.4. The van der Waals surface area contributed by atoms with Gasteiger partial charge in [-0.15, -0.1) is 0 Å². The van der Waals surface area contributed by atoms with E-state index in [0.29, 0.717) is 36.8 Å². The van der Waals surface area contributed by atoms with Crippen LogP contribution in [0.15, 0.2) is 120 Å². The van der Waals surface area contributed by atoms with E-state index in [9.17, 15) is 23.3 Å². The predicted octanol–water partition coefficient (Wildman–Crippen LogP) is 7.58. The fourth-order valence-electron chi connectivity index (χ4n) is 7.38. The Bertz CT molecular complexity index is 2540. The summed E-state index contributed by atoms with van der Waals surface area (Å²) in [5.41, 5.74) is 4.18. The summed E-state index contributed by atoms with van der Waals surface area (Å²) < 4.78 is 34.0. The van der Waals surface area contributed by atoms with Gasteiger partial charge in [-0.1, -0.05) is 66.2 Å². The molecule has 57 heavy (non-hydrogen) atoms. The maximum Gasteiger partial charge on any atom is 0.304 e. The van der Waals surface area contributed by atoms with E-state index in [0.717, 1.165) is 46.9 Å². The highest BCUT2D eigenvalue weighted by Gasteiger charge is 2.34. The van der Waals surface area contributed by atoms with Crippen LogP contribution in [0.4, 0.5) is 11.4 Å². The van der Waals surface area contributed by atoms with Gasteiger partial charge in [0.1, 0.15) is 28.5 Å². The number of aromatic nitrogens is 1. The zero-order valence-corrected chi connectivity index (χ0v) is 33.2. The fraction of sp³-hybridized carbons (Fsp3) is 0.233. The molecular formula is C43H43ClN6O6S. The van der Waals surface area contributed by atoms with Crippen LogP contribution in [0.25, 0.3) is 22.0 Å². The van der Waals surface area contributed by atoms with Crippen LogP contribution in [0.3, 0.4) is 0 Å². The molecule has 3 N–H and O–H groups in total.